The molecule has 1 aromatic heterocycles. The lowest BCUT2D eigenvalue weighted by molar-refractivity contribution is 1.07. The molecular formula is C43H29N3S. The predicted octanol–water partition coefficient (Wildman–Crippen LogP) is 11.3. The summed E-state index contributed by atoms with van der Waals surface area (Å²) in [5.74, 6) is 2.00. The second-order valence-corrected chi connectivity index (χ2v) is 14.7. The van der Waals surface area contributed by atoms with E-state index in [0.29, 0.717) is 17.5 Å². The first kappa shape index (κ1) is 27.5. The van der Waals surface area contributed by atoms with Crippen LogP contribution in [0.25, 0.3) is 56.1 Å². The van der Waals surface area contributed by atoms with Crippen LogP contribution in [0.4, 0.5) is 0 Å². The van der Waals surface area contributed by atoms with Crippen LogP contribution in [0.2, 0.25) is 0 Å². The monoisotopic (exact) mass is 619 g/mol. The SMILES string of the molecule is c1ccc(-c2nc(-c3cccc4c3-c3ccccc3S4(c3ccccc3)c3ccccc3)nc(-c3cccc4ccccc34)n2)cc1. The van der Waals surface area contributed by atoms with Crippen molar-refractivity contribution in [2.45, 2.75) is 19.6 Å². The fourth-order valence-electron chi connectivity index (χ4n) is 6.96. The highest BCUT2D eigenvalue weighted by Gasteiger charge is 2.43. The zero-order valence-electron chi connectivity index (χ0n) is 25.5. The van der Waals surface area contributed by atoms with Crippen molar-refractivity contribution >= 4 is 20.8 Å². The second kappa shape index (κ2) is 11.2. The predicted molar refractivity (Wildman–Crippen MR) is 193 cm³/mol. The molecule has 1 aliphatic heterocycles. The van der Waals surface area contributed by atoms with Gasteiger partial charge in [0.15, 0.2) is 17.5 Å². The fourth-order valence-corrected chi connectivity index (χ4v) is 11.2. The van der Waals surface area contributed by atoms with Crippen molar-refractivity contribution < 1.29 is 0 Å². The third kappa shape index (κ3) is 4.33. The highest BCUT2D eigenvalue weighted by Crippen LogP contribution is 2.80. The lowest BCUT2D eigenvalue weighted by atomic mass is 9.99. The van der Waals surface area contributed by atoms with Gasteiger partial charge in [-0.15, -0.1) is 10.0 Å². The second-order valence-electron chi connectivity index (χ2n) is 11.6. The van der Waals surface area contributed by atoms with Crippen molar-refractivity contribution in [1.82, 2.24) is 15.0 Å². The smallest absolute Gasteiger partial charge is 0.164 e. The number of hydrogen-bond donors (Lipinski definition) is 0. The number of hydrogen-bond acceptors (Lipinski definition) is 3. The number of fused-ring (bicyclic) bond motifs is 4. The zero-order valence-corrected chi connectivity index (χ0v) is 26.3. The molecule has 0 saturated carbocycles. The lowest BCUT2D eigenvalue weighted by Crippen LogP contribution is -2.03. The summed E-state index contributed by atoms with van der Waals surface area (Å²) in [4.78, 5) is 20.9. The van der Waals surface area contributed by atoms with Crippen molar-refractivity contribution in [3.8, 4) is 45.3 Å². The minimum atomic E-state index is -1.79. The molecule has 0 radical (unpaired) electrons. The Morgan fingerprint density at radius 2 is 0.830 bits per heavy atom. The summed E-state index contributed by atoms with van der Waals surface area (Å²) in [7, 11) is -1.79. The summed E-state index contributed by atoms with van der Waals surface area (Å²) in [6.45, 7) is 0. The van der Waals surface area contributed by atoms with Crippen LogP contribution in [0, 0.1) is 0 Å². The minimum Gasteiger partial charge on any atom is -0.208 e. The molecular weight excluding hydrogens is 591 g/mol. The molecule has 0 bridgehead atoms. The number of nitrogens with zero attached hydrogens (tertiary/aromatic N) is 3. The molecule has 0 fully saturated rings. The Morgan fingerprint density at radius 3 is 1.57 bits per heavy atom. The number of aromatic nitrogens is 3. The van der Waals surface area contributed by atoms with Gasteiger partial charge in [0.1, 0.15) is 0 Å². The van der Waals surface area contributed by atoms with E-state index in [0.717, 1.165) is 27.5 Å². The highest BCUT2D eigenvalue weighted by atomic mass is 32.3. The van der Waals surface area contributed by atoms with Gasteiger partial charge in [-0.05, 0) is 52.7 Å². The third-order valence-electron chi connectivity index (χ3n) is 8.97. The van der Waals surface area contributed by atoms with Crippen LogP contribution in [0.1, 0.15) is 0 Å². The normalized spacial score (nSPS) is 13.5. The molecule has 4 heteroatoms. The maximum atomic E-state index is 5.28. The molecule has 7 aromatic carbocycles. The van der Waals surface area contributed by atoms with E-state index >= 15 is 0 Å². The molecule has 222 valence electrons. The molecule has 0 spiro atoms. The van der Waals surface area contributed by atoms with Crippen LogP contribution < -0.4 is 0 Å². The van der Waals surface area contributed by atoms with Crippen LogP contribution in [0.15, 0.2) is 196 Å². The first-order chi connectivity index (χ1) is 23.3. The maximum Gasteiger partial charge on any atom is 0.164 e. The Morgan fingerprint density at radius 1 is 0.340 bits per heavy atom. The first-order valence-corrected chi connectivity index (χ1v) is 17.4. The molecule has 0 amide bonds. The number of benzene rings is 7. The van der Waals surface area contributed by atoms with E-state index in [-0.39, 0.29) is 0 Å². The van der Waals surface area contributed by atoms with E-state index in [9.17, 15) is 0 Å². The molecule has 3 nitrogen and oxygen atoms in total. The van der Waals surface area contributed by atoms with Gasteiger partial charge < -0.3 is 0 Å². The number of rotatable bonds is 5. The molecule has 0 saturated heterocycles. The van der Waals surface area contributed by atoms with Crippen LogP contribution in [-0.4, -0.2) is 15.0 Å². The molecule has 0 N–H and O–H groups in total. The summed E-state index contributed by atoms with van der Waals surface area (Å²) >= 11 is 0. The van der Waals surface area contributed by atoms with Crippen molar-refractivity contribution in [3.05, 3.63) is 176 Å². The molecule has 1 aliphatic rings. The maximum absolute atomic E-state index is 5.28. The van der Waals surface area contributed by atoms with Gasteiger partial charge in [-0.25, -0.2) is 15.0 Å². The van der Waals surface area contributed by atoms with Crippen molar-refractivity contribution in [1.29, 1.82) is 0 Å². The van der Waals surface area contributed by atoms with Crippen LogP contribution in [0.5, 0.6) is 0 Å². The van der Waals surface area contributed by atoms with E-state index in [1.807, 2.05) is 18.2 Å². The Bertz CT molecular complexity index is 2360. The van der Waals surface area contributed by atoms with Crippen molar-refractivity contribution in [3.63, 3.8) is 0 Å². The van der Waals surface area contributed by atoms with Crippen LogP contribution in [0.3, 0.4) is 0 Å². The van der Waals surface area contributed by atoms with Gasteiger partial charge in [0.05, 0.1) is 0 Å². The Labute approximate surface area is 275 Å². The topological polar surface area (TPSA) is 38.7 Å². The van der Waals surface area contributed by atoms with E-state index in [1.165, 1.54) is 30.7 Å². The largest absolute Gasteiger partial charge is 0.208 e. The molecule has 9 rings (SSSR count). The molecule has 0 atom stereocenters. The van der Waals surface area contributed by atoms with Crippen LogP contribution >= 0.6 is 10.0 Å². The van der Waals surface area contributed by atoms with Crippen LogP contribution in [-0.2, 0) is 0 Å². The molecule has 2 heterocycles. The molecule has 0 aliphatic carbocycles. The first-order valence-electron chi connectivity index (χ1n) is 15.8. The van der Waals surface area contributed by atoms with E-state index in [4.69, 9.17) is 15.0 Å². The van der Waals surface area contributed by atoms with Gasteiger partial charge >= 0.3 is 0 Å². The lowest BCUT2D eigenvalue weighted by Gasteiger charge is -2.39. The van der Waals surface area contributed by atoms with Gasteiger partial charge in [-0.3, -0.25) is 0 Å². The van der Waals surface area contributed by atoms with Gasteiger partial charge in [-0.2, -0.15) is 0 Å². The minimum absolute atomic E-state index is 0.659. The summed E-state index contributed by atoms with van der Waals surface area (Å²) in [5, 5.41) is 2.27. The Balaban J connectivity index is 1.36. The van der Waals surface area contributed by atoms with Crippen molar-refractivity contribution in [2.75, 3.05) is 0 Å². The van der Waals surface area contributed by atoms with E-state index in [2.05, 4.69) is 158 Å². The molecule has 0 unspecified atom stereocenters. The molecule has 47 heavy (non-hydrogen) atoms. The molecule has 8 aromatic rings. The Hall–Kier alpha value is -5.84. The Kier molecular flexibility index (Phi) is 6.54. The van der Waals surface area contributed by atoms with Gasteiger partial charge in [0, 0.05) is 41.8 Å². The summed E-state index contributed by atoms with van der Waals surface area (Å²) in [6.07, 6.45) is 0. The quantitative estimate of drug-likeness (QED) is 0.192. The fraction of sp³-hybridized carbons (Fsp3) is 0. The summed E-state index contributed by atoms with van der Waals surface area (Å²) in [6, 6.07) is 62.5. The van der Waals surface area contributed by atoms with Gasteiger partial charge in [-0.1, -0.05) is 140 Å². The zero-order chi connectivity index (χ0) is 31.2. The average Bonchev–Trinajstić information content (AvgIpc) is 3.47. The van der Waals surface area contributed by atoms with Gasteiger partial charge in [0.2, 0.25) is 0 Å². The summed E-state index contributed by atoms with van der Waals surface area (Å²) in [5.41, 5.74) is 5.39. The standard InChI is InChI=1S/C43H29N3S/c1-4-17-31(18-5-1)41-44-42(35-26-14-19-30-16-10-11-24-34(30)35)46-43(45-41)37-27-15-29-39-40(37)36-25-12-13-28-38(36)47(39,32-20-6-2-7-21-32)33-22-8-3-9-23-33/h1-29H. The van der Waals surface area contributed by atoms with E-state index < -0.39 is 10.0 Å². The summed E-state index contributed by atoms with van der Waals surface area (Å²) < 4.78 is 0. The third-order valence-corrected chi connectivity index (χ3v) is 12.9. The van der Waals surface area contributed by atoms with E-state index in [1.54, 1.807) is 0 Å². The van der Waals surface area contributed by atoms with Crippen molar-refractivity contribution in [2.24, 2.45) is 0 Å². The van der Waals surface area contributed by atoms with Gasteiger partial charge in [0.25, 0.3) is 0 Å². The highest BCUT2D eigenvalue weighted by molar-refractivity contribution is 8.34. The average molecular weight is 620 g/mol.